The Morgan fingerprint density at radius 3 is 2.88 bits per heavy atom. The van der Waals surface area contributed by atoms with E-state index >= 15 is 0 Å². The number of fused-ring (bicyclic) bond motifs is 1. The van der Waals surface area contributed by atoms with Gasteiger partial charge in [0, 0.05) is 24.4 Å². The maximum absolute atomic E-state index is 8.75. The first-order valence-corrected chi connectivity index (χ1v) is 6.30. The minimum atomic E-state index is 0.395. The molecule has 2 heterocycles. The Hall–Kier alpha value is -1.76. The van der Waals surface area contributed by atoms with Crippen LogP contribution in [0.1, 0.15) is 43.7 Å². The standard InChI is InChI=1S/C13H16N4/c14-6-7-16-8-9-17-13(16)10-12(15-17)11-4-2-1-3-5-11/h8-11H,1-5,7H2. The molecule has 0 spiro atoms. The smallest absolute Gasteiger partial charge is 0.136 e. The number of nitriles is 1. The number of hydrogen-bond donors (Lipinski definition) is 0. The van der Waals surface area contributed by atoms with Gasteiger partial charge in [-0.3, -0.25) is 0 Å². The van der Waals surface area contributed by atoms with Gasteiger partial charge >= 0.3 is 0 Å². The molecule has 0 radical (unpaired) electrons. The lowest BCUT2D eigenvalue weighted by Gasteiger charge is -2.19. The van der Waals surface area contributed by atoms with E-state index in [4.69, 9.17) is 5.26 Å². The highest BCUT2D eigenvalue weighted by Crippen LogP contribution is 2.32. The van der Waals surface area contributed by atoms with Gasteiger partial charge in [0.1, 0.15) is 12.2 Å². The molecule has 1 aliphatic carbocycles. The van der Waals surface area contributed by atoms with Crippen molar-refractivity contribution < 1.29 is 0 Å². The predicted molar refractivity (Wildman–Crippen MR) is 64.6 cm³/mol. The molecular weight excluding hydrogens is 212 g/mol. The zero-order valence-electron chi connectivity index (χ0n) is 9.84. The Kier molecular flexibility index (Phi) is 2.60. The summed E-state index contributed by atoms with van der Waals surface area (Å²) in [5.41, 5.74) is 2.24. The second-order valence-corrected chi connectivity index (χ2v) is 4.79. The highest BCUT2D eigenvalue weighted by molar-refractivity contribution is 5.42. The summed E-state index contributed by atoms with van der Waals surface area (Å²) in [5.74, 6) is 0.624. The van der Waals surface area contributed by atoms with Gasteiger partial charge in [0.25, 0.3) is 0 Å². The van der Waals surface area contributed by atoms with Gasteiger partial charge < -0.3 is 4.57 Å². The van der Waals surface area contributed by atoms with E-state index in [1.807, 2.05) is 21.5 Å². The molecule has 4 heteroatoms. The van der Waals surface area contributed by atoms with Crippen LogP contribution in [-0.4, -0.2) is 14.2 Å². The quantitative estimate of drug-likeness (QED) is 0.793. The monoisotopic (exact) mass is 228 g/mol. The fraction of sp³-hybridized carbons (Fsp3) is 0.538. The zero-order chi connectivity index (χ0) is 11.7. The van der Waals surface area contributed by atoms with Gasteiger partial charge in [0.05, 0.1) is 11.8 Å². The lowest BCUT2D eigenvalue weighted by molar-refractivity contribution is 0.435. The third-order valence-electron chi connectivity index (χ3n) is 3.68. The van der Waals surface area contributed by atoms with Crippen molar-refractivity contribution in [2.75, 3.05) is 0 Å². The van der Waals surface area contributed by atoms with E-state index in [0.29, 0.717) is 12.5 Å². The topological polar surface area (TPSA) is 46.0 Å². The van der Waals surface area contributed by atoms with E-state index < -0.39 is 0 Å². The molecule has 2 aromatic heterocycles. The highest BCUT2D eigenvalue weighted by Gasteiger charge is 2.19. The first-order valence-electron chi connectivity index (χ1n) is 6.30. The second-order valence-electron chi connectivity index (χ2n) is 4.79. The summed E-state index contributed by atoms with van der Waals surface area (Å²) < 4.78 is 3.83. The highest BCUT2D eigenvalue weighted by atomic mass is 15.3. The molecule has 4 nitrogen and oxygen atoms in total. The fourth-order valence-corrected chi connectivity index (χ4v) is 2.75. The second kappa shape index (κ2) is 4.25. The molecule has 3 rings (SSSR count). The number of aromatic nitrogens is 3. The molecule has 17 heavy (non-hydrogen) atoms. The minimum Gasteiger partial charge on any atom is -0.318 e. The molecule has 0 aromatic carbocycles. The van der Waals surface area contributed by atoms with Crippen molar-refractivity contribution in [1.29, 1.82) is 5.26 Å². The summed E-state index contributed by atoms with van der Waals surface area (Å²) in [6.07, 6.45) is 10.4. The third-order valence-corrected chi connectivity index (χ3v) is 3.68. The van der Waals surface area contributed by atoms with Crippen molar-refractivity contribution in [2.24, 2.45) is 0 Å². The van der Waals surface area contributed by atoms with Gasteiger partial charge in [-0.25, -0.2) is 4.52 Å². The van der Waals surface area contributed by atoms with Crippen LogP contribution in [0.3, 0.4) is 0 Å². The number of imidazole rings is 1. The van der Waals surface area contributed by atoms with Crippen LogP contribution in [0.25, 0.3) is 5.65 Å². The van der Waals surface area contributed by atoms with Gasteiger partial charge in [0.15, 0.2) is 0 Å². The molecule has 0 amide bonds. The van der Waals surface area contributed by atoms with Gasteiger partial charge in [-0.2, -0.15) is 10.4 Å². The minimum absolute atomic E-state index is 0.395. The number of hydrogen-bond acceptors (Lipinski definition) is 2. The van der Waals surface area contributed by atoms with Crippen LogP contribution in [0, 0.1) is 11.3 Å². The van der Waals surface area contributed by atoms with Gasteiger partial charge in [-0.1, -0.05) is 19.3 Å². The Balaban J connectivity index is 1.93. The first kappa shape index (κ1) is 10.4. The SMILES string of the molecule is N#CCn1ccn2nc(C3CCCCC3)cc12. The van der Waals surface area contributed by atoms with Crippen molar-refractivity contribution in [1.82, 2.24) is 14.2 Å². The zero-order valence-corrected chi connectivity index (χ0v) is 9.84. The van der Waals surface area contributed by atoms with Gasteiger partial charge in [-0.15, -0.1) is 0 Å². The van der Waals surface area contributed by atoms with Crippen LogP contribution in [0.2, 0.25) is 0 Å². The largest absolute Gasteiger partial charge is 0.318 e. The third kappa shape index (κ3) is 1.82. The maximum Gasteiger partial charge on any atom is 0.136 e. The van der Waals surface area contributed by atoms with Crippen LogP contribution >= 0.6 is 0 Å². The summed E-state index contributed by atoms with van der Waals surface area (Å²) in [6.45, 7) is 0.395. The molecule has 88 valence electrons. The Morgan fingerprint density at radius 2 is 2.12 bits per heavy atom. The van der Waals surface area contributed by atoms with Crippen LogP contribution < -0.4 is 0 Å². The van der Waals surface area contributed by atoms with Crippen LogP contribution in [-0.2, 0) is 6.54 Å². The average Bonchev–Trinajstić information content (AvgIpc) is 2.93. The molecule has 1 aliphatic rings. The van der Waals surface area contributed by atoms with Gasteiger partial charge in [0.2, 0.25) is 0 Å². The lowest BCUT2D eigenvalue weighted by atomic mass is 9.87. The summed E-state index contributed by atoms with van der Waals surface area (Å²) in [5, 5.41) is 13.4. The molecule has 0 N–H and O–H groups in total. The average molecular weight is 228 g/mol. The summed E-state index contributed by atoms with van der Waals surface area (Å²) in [6, 6.07) is 4.32. The molecule has 1 saturated carbocycles. The Morgan fingerprint density at radius 1 is 1.29 bits per heavy atom. The van der Waals surface area contributed by atoms with Crippen molar-refractivity contribution in [3.63, 3.8) is 0 Å². The van der Waals surface area contributed by atoms with Crippen LogP contribution in [0.5, 0.6) is 0 Å². The summed E-state index contributed by atoms with van der Waals surface area (Å²) >= 11 is 0. The summed E-state index contributed by atoms with van der Waals surface area (Å²) in [4.78, 5) is 0. The van der Waals surface area contributed by atoms with Gasteiger partial charge in [-0.05, 0) is 12.8 Å². The van der Waals surface area contributed by atoms with Crippen molar-refractivity contribution in [2.45, 2.75) is 44.6 Å². The Labute approximate surface area is 100 Å². The van der Waals surface area contributed by atoms with E-state index in [2.05, 4.69) is 17.2 Å². The molecule has 0 atom stereocenters. The predicted octanol–water partition coefficient (Wildman–Crippen LogP) is 2.71. The molecule has 0 saturated heterocycles. The number of nitrogens with zero attached hydrogens (tertiary/aromatic N) is 4. The van der Waals surface area contributed by atoms with E-state index in [1.165, 1.54) is 37.8 Å². The van der Waals surface area contributed by atoms with Crippen LogP contribution in [0.15, 0.2) is 18.5 Å². The first-order chi connectivity index (χ1) is 8.38. The van der Waals surface area contributed by atoms with Crippen molar-refractivity contribution in [3.05, 3.63) is 24.2 Å². The Bertz CT molecular complexity index is 551. The fourth-order valence-electron chi connectivity index (χ4n) is 2.75. The van der Waals surface area contributed by atoms with E-state index in [-0.39, 0.29) is 0 Å². The van der Waals surface area contributed by atoms with E-state index in [1.54, 1.807) is 0 Å². The molecule has 0 bridgehead atoms. The van der Waals surface area contributed by atoms with Crippen LogP contribution in [0.4, 0.5) is 0 Å². The molecular formula is C13H16N4. The van der Waals surface area contributed by atoms with E-state index in [0.717, 1.165) is 5.65 Å². The molecule has 0 aliphatic heterocycles. The van der Waals surface area contributed by atoms with E-state index in [9.17, 15) is 0 Å². The summed E-state index contributed by atoms with van der Waals surface area (Å²) in [7, 11) is 0. The normalized spacial score (nSPS) is 17.4. The van der Waals surface area contributed by atoms with Crippen molar-refractivity contribution >= 4 is 5.65 Å². The molecule has 1 fully saturated rings. The lowest BCUT2D eigenvalue weighted by Crippen LogP contribution is -2.05. The molecule has 0 unspecified atom stereocenters. The maximum atomic E-state index is 8.75. The molecule has 2 aromatic rings. The number of rotatable bonds is 2. The van der Waals surface area contributed by atoms with Crippen molar-refractivity contribution in [3.8, 4) is 6.07 Å².